The molecule has 0 bridgehead atoms. The molecule has 1 heterocycles. The molecule has 5 nitrogen and oxygen atoms in total. The Bertz CT molecular complexity index is 483. The normalized spacial score (nSPS) is 23.1. The minimum Gasteiger partial charge on any atom is -0.496 e. The molecule has 21 heavy (non-hydrogen) atoms. The standard InChI is InChI=1S/C15H22BrNO4/c1-10-6-17(8-12(9-18)21-10)7-11-4-15(20-3)13(16)5-14(11)19-2/h4-5,10,12,18H,6-9H2,1-3H3. The molecule has 2 rings (SSSR count). The number of ether oxygens (including phenoxy) is 3. The predicted molar refractivity (Wildman–Crippen MR) is 83.9 cm³/mol. The lowest BCUT2D eigenvalue weighted by atomic mass is 10.1. The van der Waals surface area contributed by atoms with E-state index in [9.17, 15) is 5.11 Å². The number of halogens is 1. The lowest BCUT2D eigenvalue weighted by Gasteiger charge is -2.36. The van der Waals surface area contributed by atoms with E-state index < -0.39 is 0 Å². The van der Waals surface area contributed by atoms with Gasteiger partial charge in [-0.15, -0.1) is 0 Å². The maximum atomic E-state index is 9.31. The topological polar surface area (TPSA) is 51.2 Å². The summed E-state index contributed by atoms with van der Waals surface area (Å²) in [4.78, 5) is 2.26. The first-order chi connectivity index (χ1) is 10.1. The molecule has 1 aliphatic rings. The van der Waals surface area contributed by atoms with E-state index in [1.807, 2.05) is 19.1 Å². The summed E-state index contributed by atoms with van der Waals surface area (Å²) in [5.41, 5.74) is 1.06. The summed E-state index contributed by atoms with van der Waals surface area (Å²) in [5.74, 6) is 1.60. The zero-order chi connectivity index (χ0) is 15.4. The number of aliphatic hydroxyl groups is 1. The Balaban J connectivity index is 2.17. The summed E-state index contributed by atoms with van der Waals surface area (Å²) in [6.07, 6.45) is -0.0173. The van der Waals surface area contributed by atoms with Crippen LogP contribution in [0.4, 0.5) is 0 Å². The van der Waals surface area contributed by atoms with Gasteiger partial charge in [0.15, 0.2) is 0 Å². The fourth-order valence-corrected chi connectivity index (χ4v) is 3.14. The first-order valence-electron chi connectivity index (χ1n) is 6.96. The SMILES string of the molecule is COc1cc(CN2CC(C)OC(CO)C2)c(OC)cc1Br. The maximum Gasteiger partial charge on any atom is 0.133 e. The van der Waals surface area contributed by atoms with Gasteiger partial charge in [-0.1, -0.05) is 0 Å². The molecule has 118 valence electrons. The van der Waals surface area contributed by atoms with Gasteiger partial charge in [-0.05, 0) is 35.0 Å². The molecule has 6 heteroatoms. The maximum absolute atomic E-state index is 9.31. The van der Waals surface area contributed by atoms with Crippen molar-refractivity contribution in [2.45, 2.75) is 25.7 Å². The predicted octanol–water partition coefficient (Wildman–Crippen LogP) is 2.05. The van der Waals surface area contributed by atoms with E-state index in [1.54, 1.807) is 14.2 Å². The Morgan fingerprint density at radius 3 is 2.62 bits per heavy atom. The van der Waals surface area contributed by atoms with E-state index in [0.29, 0.717) is 6.54 Å². The number of morpholine rings is 1. The third kappa shape index (κ3) is 4.10. The van der Waals surface area contributed by atoms with Crippen LogP contribution in [0, 0.1) is 0 Å². The molecule has 1 fully saturated rings. The Morgan fingerprint density at radius 1 is 1.29 bits per heavy atom. The number of methoxy groups -OCH3 is 2. The third-order valence-electron chi connectivity index (χ3n) is 3.55. The van der Waals surface area contributed by atoms with Crippen LogP contribution in [0.25, 0.3) is 0 Å². The minimum absolute atomic E-state index is 0.0433. The average molecular weight is 360 g/mol. The monoisotopic (exact) mass is 359 g/mol. The molecule has 0 spiro atoms. The van der Waals surface area contributed by atoms with Crippen LogP contribution in [0.5, 0.6) is 11.5 Å². The Labute approximate surface area is 133 Å². The fourth-order valence-electron chi connectivity index (χ4n) is 2.66. The van der Waals surface area contributed by atoms with Crippen LogP contribution in [0.2, 0.25) is 0 Å². The Morgan fingerprint density at radius 2 is 2.00 bits per heavy atom. The molecule has 1 saturated heterocycles. The molecular formula is C15H22BrNO4. The van der Waals surface area contributed by atoms with E-state index in [1.165, 1.54) is 0 Å². The summed E-state index contributed by atoms with van der Waals surface area (Å²) in [6.45, 7) is 4.34. The highest BCUT2D eigenvalue weighted by molar-refractivity contribution is 9.10. The molecule has 2 atom stereocenters. The molecule has 1 aromatic rings. The van der Waals surface area contributed by atoms with Gasteiger partial charge >= 0.3 is 0 Å². The highest BCUT2D eigenvalue weighted by Crippen LogP contribution is 2.33. The van der Waals surface area contributed by atoms with Crippen LogP contribution in [-0.2, 0) is 11.3 Å². The van der Waals surface area contributed by atoms with Crippen molar-refractivity contribution in [2.24, 2.45) is 0 Å². The van der Waals surface area contributed by atoms with Crippen LogP contribution in [0.1, 0.15) is 12.5 Å². The molecule has 0 amide bonds. The largest absolute Gasteiger partial charge is 0.496 e. The molecule has 2 unspecified atom stereocenters. The van der Waals surface area contributed by atoms with Crippen molar-refractivity contribution in [3.8, 4) is 11.5 Å². The summed E-state index contributed by atoms with van der Waals surface area (Å²) in [5, 5.41) is 9.31. The van der Waals surface area contributed by atoms with Gasteiger partial charge in [0.1, 0.15) is 11.5 Å². The van der Waals surface area contributed by atoms with Crippen LogP contribution in [0.3, 0.4) is 0 Å². The van der Waals surface area contributed by atoms with Crippen molar-refractivity contribution in [1.29, 1.82) is 0 Å². The molecule has 0 saturated carbocycles. The zero-order valence-electron chi connectivity index (χ0n) is 12.6. The number of benzene rings is 1. The number of hydrogen-bond acceptors (Lipinski definition) is 5. The molecule has 1 aromatic carbocycles. The molecular weight excluding hydrogens is 338 g/mol. The van der Waals surface area contributed by atoms with E-state index in [-0.39, 0.29) is 18.8 Å². The molecule has 0 radical (unpaired) electrons. The summed E-state index contributed by atoms with van der Waals surface area (Å²) in [7, 11) is 3.31. The van der Waals surface area contributed by atoms with Crippen LogP contribution >= 0.6 is 15.9 Å². The average Bonchev–Trinajstić information content (AvgIpc) is 2.47. The molecule has 0 aliphatic carbocycles. The van der Waals surface area contributed by atoms with Crippen LogP contribution in [-0.4, -0.2) is 56.1 Å². The summed E-state index contributed by atoms with van der Waals surface area (Å²) >= 11 is 3.47. The summed E-state index contributed by atoms with van der Waals surface area (Å²) in [6, 6.07) is 3.90. The second kappa shape index (κ2) is 7.45. The van der Waals surface area contributed by atoms with Gasteiger partial charge in [0.05, 0.1) is 37.5 Å². The second-order valence-corrected chi connectivity index (χ2v) is 6.10. The van der Waals surface area contributed by atoms with Crippen molar-refractivity contribution in [2.75, 3.05) is 33.9 Å². The number of aliphatic hydroxyl groups excluding tert-OH is 1. The van der Waals surface area contributed by atoms with Gasteiger partial charge in [0, 0.05) is 25.2 Å². The van der Waals surface area contributed by atoms with Crippen molar-refractivity contribution in [1.82, 2.24) is 4.90 Å². The van der Waals surface area contributed by atoms with Crippen molar-refractivity contribution < 1.29 is 19.3 Å². The minimum atomic E-state index is -0.128. The van der Waals surface area contributed by atoms with Gasteiger partial charge in [-0.2, -0.15) is 0 Å². The van der Waals surface area contributed by atoms with Crippen molar-refractivity contribution in [3.63, 3.8) is 0 Å². The van der Waals surface area contributed by atoms with Gasteiger partial charge in [-0.25, -0.2) is 0 Å². The zero-order valence-corrected chi connectivity index (χ0v) is 14.2. The Kier molecular flexibility index (Phi) is 5.87. The number of nitrogens with zero attached hydrogens (tertiary/aromatic N) is 1. The first-order valence-corrected chi connectivity index (χ1v) is 7.75. The van der Waals surface area contributed by atoms with Crippen molar-refractivity contribution in [3.05, 3.63) is 22.2 Å². The van der Waals surface area contributed by atoms with Crippen LogP contribution < -0.4 is 9.47 Å². The lowest BCUT2D eigenvalue weighted by molar-refractivity contribution is -0.0973. The van der Waals surface area contributed by atoms with E-state index in [4.69, 9.17) is 14.2 Å². The molecule has 0 aromatic heterocycles. The smallest absolute Gasteiger partial charge is 0.133 e. The van der Waals surface area contributed by atoms with Crippen molar-refractivity contribution >= 4 is 15.9 Å². The van der Waals surface area contributed by atoms with Gasteiger partial charge in [0.2, 0.25) is 0 Å². The number of rotatable bonds is 5. The lowest BCUT2D eigenvalue weighted by Crippen LogP contribution is -2.47. The van der Waals surface area contributed by atoms with Crippen LogP contribution in [0.15, 0.2) is 16.6 Å². The summed E-state index contributed by atoms with van der Waals surface area (Å²) < 4.78 is 17.3. The van der Waals surface area contributed by atoms with E-state index in [2.05, 4.69) is 20.8 Å². The first kappa shape index (κ1) is 16.5. The highest BCUT2D eigenvalue weighted by Gasteiger charge is 2.25. The van der Waals surface area contributed by atoms with Gasteiger partial charge in [-0.3, -0.25) is 4.90 Å². The van der Waals surface area contributed by atoms with E-state index in [0.717, 1.165) is 34.6 Å². The molecule has 1 aliphatic heterocycles. The molecule has 1 N–H and O–H groups in total. The fraction of sp³-hybridized carbons (Fsp3) is 0.600. The highest BCUT2D eigenvalue weighted by atomic mass is 79.9. The van der Waals surface area contributed by atoms with Gasteiger partial charge in [0.25, 0.3) is 0 Å². The second-order valence-electron chi connectivity index (χ2n) is 5.24. The quantitative estimate of drug-likeness (QED) is 0.871. The van der Waals surface area contributed by atoms with E-state index >= 15 is 0 Å². The third-order valence-corrected chi connectivity index (χ3v) is 4.17. The van der Waals surface area contributed by atoms with Gasteiger partial charge < -0.3 is 19.3 Å². The number of hydrogen-bond donors (Lipinski definition) is 1. The Hall–Kier alpha value is -0.820.